The predicted octanol–water partition coefficient (Wildman–Crippen LogP) is -0.0898. The van der Waals surface area contributed by atoms with Crippen molar-refractivity contribution in [2.75, 3.05) is 0 Å². The number of nitrogens with one attached hydrogen (secondary N) is 1. The topological polar surface area (TPSA) is 85.1 Å². The lowest BCUT2D eigenvalue weighted by Gasteiger charge is -2.13. The molecule has 0 aromatic carbocycles. The molecule has 5 heteroatoms. The van der Waals surface area contributed by atoms with Gasteiger partial charge >= 0.3 is 0 Å². The Hall–Kier alpha value is -2.17. The zero-order chi connectivity index (χ0) is 11.3. The van der Waals surface area contributed by atoms with Gasteiger partial charge < -0.3 is 11.1 Å². The summed E-state index contributed by atoms with van der Waals surface area (Å²) in [4.78, 5) is 26.1. The molecule has 0 saturated carbocycles. The summed E-state index contributed by atoms with van der Waals surface area (Å²) in [6, 6.07) is 4.10. The molecule has 1 unspecified atom stereocenters. The van der Waals surface area contributed by atoms with Gasteiger partial charge in [-0.2, -0.15) is 0 Å². The minimum atomic E-state index is -0.920. The van der Waals surface area contributed by atoms with E-state index in [1.54, 1.807) is 18.2 Å². The monoisotopic (exact) mass is 205 g/mol. The third-order valence-electron chi connectivity index (χ3n) is 1.74. The number of carbonyl (C=O) groups excluding carboxylic acids is 2. The van der Waals surface area contributed by atoms with Crippen LogP contribution < -0.4 is 11.1 Å². The van der Waals surface area contributed by atoms with Crippen LogP contribution in [0.2, 0.25) is 0 Å². The SMILES string of the molecule is C=CC(=O)NC(C(N)=O)c1ccccn1. The van der Waals surface area contributed by atoms with Gasteiger partial charge in [0.25, 0.3) is 0 Å². The first-order valence-electron chi connectivity index (χ1n) is 4.28. The summed E-state index contributed by atoms with van der Waals surface area (Å²) >= 11 is 0. The van der Waals surface area contributed by atoms with Gasteiger partial charge in [0.05, 0.1) is 5.69 Å². The molecule has 1 aromatic rings. The fourth-order valence-corrected chi connectivity index (χ4v) is 1.04. The molecule has 78 valence electrons. The fraction of sp³-hybridized carbons (Fsp3) is 0.100. The molecule has 0 fully saturated rings. The summed E-state index contributed by atoms with van der Waals surface area (Å²) in [5.41, 5.74) is 5.55. The highest BCUT2D eigenvalue weighted by Crippen LogP contribution is 2.08. The summed E-state index contributed by atoms with van der Waals surface area (Å²) in [6.07, 6.45) is 2.59. The van der Waals surface area contributed by atoms with Gasteiger partial charge in [0, 0.05) is 6.20 Å². The molecule has 1 atom stereocenters. The van der Waals surface area contributed by atoms with Crippen molar-refractivity contribution >= 4 is 11.8 Å². The van der Waals surface area contributed by atoms with Gasteiger partial charge in [-0.1, -0.05) is 12.6 Å². The molecule has 2 amide bonds. The van der Waals surface area contributed by atoms with Crippen molar-refractivity contribution < 1.29 is 9.59 Å². The summed E-state index contributed by atoms with van der Waals surface area (Å²) in [6.45, 7) is 3.28. The molecule has 15 heavy (non-hydrogen) atoms. The molecule has 0 radical (unpaired) electrons. The van der Waals surface area contributed by atoms with Crippen LogP contribution in [0.15, 0.2) is 37.1 Å². The molecule has 1 rings (SSSR count). The van der Waals surface area contributed by atoms with Crippen LogP contribution in [0.5, 0.6) is 0 Å². The maximum absolute atomic E-state index is 11.1. The molecule has 0 saturated heterocycles. The normalized spacial score (nSPS) is 11.5. The first-order chi connectivity index (χ1) is 7.15. The lowest BCUT2D eigenvalue weighted by Crippen LogP contribution is -2.37. The Morgan fingerprint density at radius 1 is 1.53 bits per heavy atom. The minimum absolute atomic E-state index is 0.403. The number of pyridine rings is 1. The Kier molecular flexibility index (Phi) is 3.56. The molecule has 0 aliphatic heterocycles. The van der Waals surface area contributed by atoms with Crippen LogP contribution in [0.4, 0.5) is 0 Å². The third-order valence-corrected chi connectivity index (χ3v) is 1.74. The van der Waals surface area contributed by atoms with Crippen molar-refractivity contribution in [1.29, 1.82) is 0 Å². The summed E-state index contributed by atoms with van der Waals surface area (Å²) in [7, 11) is 0. The largest absolute Gasteiger partial charge is 0.368 e. The molecular weight excluding hydrogens is 194 g/mol. The van der Waals surface area contributed by atoms with Crippen molar-refractivity contribution in [2.24, 2.45) is 5.73 Å². The maximum Gasteiger partial charge on any atom is 0.246 e. The molecule has 3 N–H and O–H groups in total. The van der Waals surface area contributed by atoms with Gasteiger partial charge in [0.15, 0.2) is 6.04 Å². The van der Waals surface area contributed by atoms with Crippen LogP contribution in [0, 0.1) is 0 Å². The lowest BCUT2D eigenvalue weighted by molar-refractivity contribution is -0.125. The number of rotatable bonds is 4. The van der Waals surface area contributed by atoms with Gasteiger partial charge in [-0.25, -0.2) is 0 Å². The second kappa shape index (κ2) is 4.90. The summed E-state index contributed by atoms with van der Waals surface area (Å²) in [5.74, 6) is -1.13. The van der Waals surface area contributed by atoms with E-state index < -0.39 is 17.9 Å². The van der Waals surface area contributed by atoms with E-state index >= 15 is 0 Å². The number of amides is 2. The van der Waals surface area contributed by atoms with Crippen molar-refractivity contribution in [1.82, 2.24) is 10.3 Å². The van der Waals surface area contributed by atoms with E-state index in [0.29, 0.717) is 5.69 Å². The van der Waals surface area contributed by atoms with E-state index in [1.165, 1.54) is 6.20 Å². The fourth-order valence-electron chi connectivity index (χ4n) is 1.04. The highest BCUT2D eigenvalue weighted by molar-refractivity contribution is 5.92. The molecular formula is C10H11N3O2. The van der Waals surface area contributed by atoms with Crippen molar-refractivity contribution in [3.05, 3.63) is 42.7 Å². The minimum Gasteiger partial charge on any atom is -0.368 e. The number of nitrogens with two attached hydrogens (primary N) is 1. The molecule has 0 aliphatic carbocycles. The highest BCUT2D eigenvalue weighted by Gasteiger charge is 2.19. The smallest absolute Gasteiger partial charge is 0.246 e. The van der Waals surface area contributed by atoms with Crippen LogP contribution in [0.3, 0.4) is 0 Å². The van der Waals surface area contributed by atoms with E-state index in [-0.39, 0.29) is 0 Å². The molecule has 0 bridgehead atoms. The lowest BCUT2D eigenvalue weighted by atomic mass is 10.2. The Balaban J connectivity index is 2.89. The van der Waals surface area contributed by atoms with Gasteiger partial charge in [-0.15, -0.1) is 0 Å². The number of primary amides is 1. The second-order valence-corrected chi connectivity index (χ2v) is 2.80. The number of hydrogen-bond acceptors (Lipinski definition) is 3. The Morgan fingerprint density at radius 2 is 2.27 bits per heavy atom. The van der Waals surface area contributed by atoms with E-state index in [0.717, 1.165) is 6.08 Å². The van der Waals surface area contributed by atoms with Crippen molar-refractivity contribution in [3.8, 4) is 0 Å². The quantitative estimate of drug-likeness (QED) is 0.673. The standard InChI is InChI=1S/C10H11N3O2/c1-2-8(14)13-9(10(11)15)7-5-3-4-6-12-7/h2-6,9H,1H2,(H2,11,15)(H,13,14). The molecule has 1 aromatic heterocycles. The molecule has 1 heterocycles. The predicted molar refractivity (Wildman–Crippen MR) is 54.5 cm³/mol. The Morgan fingerprint density at radius 3 is 2.73 bits per heavy atom. The highest BCUT2D eigenvalue weighted by atomic mass is 16.2. The average molecular weight is 205 g/mol. The van der Waals surface area contributed by atoms with Crippen LogP contribution >= 0.6 is 0 Å². The summed E-state index contributed by atoms with van der Waals surface area (Å²) < 4.78 is 0. The zero-order valence-corrected chi connectivity index (χ0v) is 8.01. The van der Waals surface area contributed by atoms with Gasteiger partial charge in [-0.05, 0) is 18.2 Å². The Bertz CT molecular complexity index is 376. The van der Waals surface area contributed by atoms with Crippen LogP contribution in [0.1, 0.15) is 11.7 Å². The van der Waals surface area contributed by atoms with Gasteiger partial charge in [0.2, 0.25) is 11.8 Å². The first kappa shape index (κ1) is 10.9. The van der Waals surface area contributed by atoms with E-state index in [2.05, 4.69) is 16.9 Å². The van der Waals surface area contributed by atoms with Crippen LogP contribution in [-0.4, -0.2) is 16.8 Å². The van der Waals surface area contributed by atoms with Crippen LogP contribution in [-0.2, 0) is 9.59 Å². The van der Waals surface area contributed by atoms with Gasteiger partial charge in [-0.3, -0.25) is 14.6 Å². The van der Waals surface area contributed by atoms with E-state index in [4.69, 9.17) is 5.73 Å². The van der Waals surface area contributed by atoms with Crippen LogP contribution in [0.25, 0.3) is 0 Å². The number of aromatic nitrogens is 1. The number of nitrogens with zero attached hydrogens (tertiary/aromatic N) is 1. The Labute approximate surface area is 87.0 Å². The second-order valence-electron chi connectivity index (χ2n) is 2.80. The van der Waals surface area contributed by atoms with Crippen molar-refractivity contribution in [2.45, 2.75) is 6.04 Å². The van der Waals surface area contributed by atoms with E-state index in [1.807, 2.05) is 0 Å². The number of hydrogen-bond donors (Lipinski definition) is 2. The van der Waals surface area contributed by atoms with E-state index in [9.17, 15) is 9.59 Å². The maximum atomic E-state index is 11.1. The molecule has 5 nitrogen and oxygen atoms in total. The molecule has 0 spiro atoms. The zero-order valence-electron chi connectivity index (χ0n) is 8.01. The van der Waals surface area contributed by atoms with Gasteiger partial charge in [0.1, 0.15) is 0 Å². The average Bonchev–Trinajstić information content (AvgIpc) is 2.26. The summed E-state index contributed by atoms with van der Waals surface area (Å²) in [5, 5.41) is 2.39. The molecule has 0 aliphatic rings. The first-order valence-corrected chi connectivity index (χ1v) is 4.28. The third kappa shape index (κ3) is 2.91. The number of carbonyl (C=O) groups is 2. The van der Waals surface area contributed by atoms with Crippen molar-refractivity contribution in [3.63, 3.8) is 0 Å².